The molecular weight excluding hydrogens is 346 g/mol. The van der Waals surface area contributed by atoms with E-state index in [0.29, 0.717) is 17.9 Å². The number of amides is 1. The lowest BCUT2D eigenvalue weighted by Crippen LogP contribution is -2.28. The maximum Gasteiger partial charge on any atom is 0.262 e. The molecule has 0 atom stereocenters. The number of carbonyl (C=O) groups excluding carboxylic acids is 2. The first-order valence-electron chi connectivity index (χ1n) is 7.18. The lowest BCUT2D eigenvalue weighted by atomic mass is 9.76. The quantitative estimate of drug-likeness (QED) is 0.874. The third-order valence-corrected chi connectivity index (χ3v) is 4.03. The Balaban J connectivity index is 1.93. The van der Waals surface area contributed by atoms with Crippen LogP contribution >= 0.6 is 15.9 Å². The molecule has 0 fully saturated rings. The summed E-state index contributed by atoms with van der Waals surface area (Å²) in [6.45, 7) is 5.85. The van der Waals surface area contributed by atoms with E-state index in [1.807, 2.05) is 19.1 Å². The molecule has 0 spiro atoms. The van der Waals surface area contributed by atoms with Crippen LogP contribution in [0.5, 0.6) is 0 Å². The fraction of sp³-hybridized carbons (Fsp3) is 0.412. The third kappa shape index (κ3) is 4.44. The van der Waals surface area contributed by atoms with Crippen molar-refractivity contribution in [3.63, 3.8) is 0 Å². The summed E-state index contributed by atoms with van der Waals surface area (Å²) in [4.78, 5) is 24.0. The number of ether oxygens (including phenoxy) is 1. The van der Waals surface area contributed by atoms with Gasteiger partial charge in [0.1, 0.15) is 0 Å². The minimum Gasteiger partial charge on any atom is -0.480 e. The van der Waals surface area contributed by atoms with E-state index < -0.39 is 0 Å². The Morgan fingerprint density at radius 2 is 1.91 bits per heavy atom. The van der Waals surface area contributed by atoms with Gasteiger partial charge in [0.2, 0.25) is 0 Å². The Morgan fingerprint density at radius 1 is 1.27 bits per heavy atom. The lowest BCUT2D eigenvalue weighted by molar-refractivity contribution is -0.124. The van der Waals surface area contributed by atoms with Gasteiger partial charge in [0.25, 0.3) is 5.91 Å². The van der Waals surface area contributed by atoms with Gasteiger partial charge in [0.15, 0.2) is 18.1 Å². The molecule has 1 N–H and O–H groups in total. The highest BCUT2D eigenvalue weighted by molar-refractivity contribution is 9.10. The van der Waals surface area contributed by atoms with Gasteiger partial charge in [-0.05, 0) is 48.6 Å². The number of nitrogens with one attached hydrogen (secondary N) is 1. The number of carbonyl (C=O) groups is 2. The van der Waals surface area contributed by atoms with Crippen molar-refractivity contribution in [1.29, 1.82) is 0 Å². The van der Waals surface area contributed by atoms with E-state index in [9.17, 15) is 9.59 Å². The molecule has 5 heteroatoms. The maximum absolute atomic E-state index is 12.1. The van der Waals surface area contributed by atoms with Crippen LogP contribution < -0.4 is 5.32 Å². The number of anilines is 1. The second kappa shape index (κ2) is 6.65. The second-order valence-electron chi connectivity index (χ2n) is 6.39. The van der Waals surface area contributed by atoms with Gasteiger partial charge in [0, 0.05) is 16.6 Å². The maximum atomic E-state index is 12.1. The van der Waals surface area contributed by atoms with Crippen molar-refractivity contribution in [3.8, 4) is 0 Å². The molecule has 2 rings (SSSR count). The Hall–Kier alpha value is -1.62. The molecule has 1 amide bonds. The summed E-state index contributed by atoms with van der Waals surface area (Å²) in [5.41, 5.74) is 1.57. The Labute approximate surface area is 139 Å². The number of hydrogen-bond donors (Lipinski definition) is 1. The van der Waals surface area contributed by atoms with Crippen LogP contribution in [0.3, 0.4) is 0 Å². The van der Waals surface area contributed by atoms with Crippen LogP contribution in [0.2, 0.25) is 0 Å². The molecule has 0 heterocycles. The zero-order valence-electron chi connectivity index (χ0n) is 13.0. The fourth-order valence-corrected chi connectivity index (χ4v) is 2.95. The standard InChI is InChI=1S/C17H20BrNO3/c1-11-8-17(2,3)9-14(20)16(11)22-10-15(21)19-13-6-4-12(18)5-7-13/h4-7H,8-10H2,1-3H3,(H,19,21). The smallest absolute Gasteiger partial charge is 0.262 e. The van der Waals surface area contributed by atoms with Crippen molar-refractivity contribution in [3.05, 3.63) is 40.1 Å². The minimum absolute atomic E-state index is 0.0230. The molecule has 1 aliphatic rings. The molecule has 1 aromatic carbocycles. The Kier molecular flexibility index (Phi) is 5.06. The number of ketones is 1. The predicted molar refractivity (Wildman–Crippen MR) is 89.4 cm³/mol. The molecule has 0 aromatic heterocycles. The first-order valence-corrected chi connectivity index (χ1v) is 7.97. The van der Waals surface area contributed by atoms with E-state index in [1.54, 1.807) is 12.1 Å². The van der Waals surface area contributed by atoms with Gasteiger partial charge in [-0.3, -0.25) is 9.59 Å². The van der Waals surface area contributed by atoms with Crippen molar-refractivity contribution < 1.29 is 14.3 Å². The summed E-state index contributed by atoms with van der Waals surface area (Å²) in [6, 6.07) is 7.27. The number of Topliss-reactive ketones (excluding diaryl/α,β-unsaturated/α-hetero) is 1. The average molecular weight is 366 g/mol. The van der Waals surface area contributed by atoms with E-state index in [-0.39, 0.29) is 23.7 Å². The van der Waals surface area contributed by atoms with Gasteiger partial charge in [-0.25, -0.2) is 0 Å². The van der Waals surface area contributed by atoms with Crippen LogP contribution in [0.15, 0.2) is 40.1 Å². The summed E-state index contributed by atoms with van der Waals surface area (Å²) in [6.07, 6.45) is 1.26. The molecule has 1 aliphatic carbocycles. The van der Waals surface area contributed by atoms with Crippen molar-refractivity contribution in [2.75, 3.05) is 11.9 Å². The Morgan fingerprint density at radius 3 is 2.50 bits per heavy atom. The van der Waals surface area contributed by atoms with Crippen molar-refractivity contribution >= 4 is 33.3 Å². The SMILES string of the molecule is CC1=C(OCC(=O)Nc2ccc(Br)cc2)C(=O)CC(C)(C)C1. The number of allylic oxidation sites excluding steroid dienone is 2. The molecule has 4 nitrogen and oxygen atoms in total. The molecule has 0 aliphatic heterocycles. The summed E-state index contributed by atoms with van der Waals surface area (Å²) < 4.78 is 6.41. The average Bonchev–Trinajstić information content (AvgIpc) is 2.39. The van der Waals surface area contributed by atoms with Crippen LogP contribution in [0.25, 0.3) is 0 Å². The first kappa shape index (κ1) is 16.7. The van der Waals surface area contributed by atoms with Gasteiger partial charge in [-0.15, -0.1) is 0 Å². The van der Waals surface area contributed by atoms with Gasteiger partial charge >= 0.3 is 0 Å². The van der Waals surface area contributed by atoms with Gasteiger partial charge in [0.05, 0.1) is 0 Å². The molecule has 0 saturated carbocycles. The summed E-state index contributed by atoms with van der Waals surface area (Å²) in [5.74, 6) is 0.0516. The first-order chi connectivity index (χ1) is 10.3. The molecule has 0 bridgehead atoms. The largest absolute Gasteiger partial charge is 0.480 e. The molecule has 0 radical (unpaired) electrons. The van der Waals surface area contributed by atoms with E-state index >= 15 is 0 Å². The highest BCUT2D eigenvalue weighted by atomic mass is 79.9. The van der Waals surface area contributed by atoms with E-state index in [0.717, 1.165) is 16.5 Å². The number of rotatable bonds is 4. The lowest BCUT2D eigenvalue weighted by Gasteiger charge is -2.30. The van der Waals surface area contributed by atoms with Crippen LogP contribution in [0.1, 0.15) is 33.6 Å². The molecule has 1 aromatic rings. The van der Waals surface area contributed by atoms with Crippen LogP contribution in [-0.4, -0.2) is 18.3 Å². The van der Waals surface area contributed by atoms with Crippen molar-refractivity contribution in [2.45, 2.75) is 33.6 Å². The Bertz CT molecular complexity index is 617. The van der Waals surface area contributed by atoms with Gasteiger partial charge in [-0.1, -0.05) is 29.8 Å². The van der Waals surface area contributed by atoms with E-state index in [4.69, 9.17) is 4.74 Å². The minimum atomic E-state index is -0.278. The van der Waals surface area contributed by atoms with E-state index in [1.165, 1.54) is 0 Å². The second-order valence-corrected chi connectivity index (χ2v) is 7.31. The van der Waals surface area contributed by atoms with Crippen molar-refractivity contribution in [1.82, 2.24) is 0 Å². The van der Waals surface area contributed by atoms with E-state index in [2.05, 4.69) is 35.1 Å². The number of benzene rings is 1. The predicted octanol–water partition coefficient (Wildman–Crippen LogP) is 4.07. The number of halogens is 1. The normalized spacial score (nSPS) is 17.4. The highest BCUT2D eigenvalue weighted by Gasteiger charge is 2.32. The zero-order valence-corrected chi connectivity index (χ0v) is 14.6. The summed E-state index contributed by atoms with van der Waals surface area (Å²) in [5, 5.41) is 2.74. The highest BCUT2D eigenvalue weighted by Crippen LogP contribution is 2.36. The monoisotopic (exact) mass is 365 g/mol. The fourth-order valence-electron chi connectivity index (χ4n) is 2.69. The summed E-state index contributed by atoms with van der Waals surface area (Å²) >= 11 is 3.34. The molecule has 118 valence electrons. The van der Waals surface area contributed by atoms with Crippen LogP contribution in [0, 0.1) is 5.41 Å². The van der Waals surface area contributed by atoms with Crippen molar-refractivity contribution in [2.24, 2.45) is 5.41 Å². The molecule has 22 heavy (non-hydrogen) atoms. The van der Waals surface area contributed by atoms with Crippen LogP contribution in [-0.2, 0) is 14.3 Å². The van der Waals surface area contributed by atoms with Gasteiger partial charge in [-0.2, -0.15) is 0 Å². The molecular formula is C17H20BrNO3. The number of hydrogen-bond acceptors (Lipinski definition) is 3. The molecule has 0 saturated heterocycles. The van der Waals surface area contributed by atoms with Gasteiger partial charge < -0.3 is 10.1 Å². The topological polar surface area (TPSA) is 55.4 Å². The van der Waals surface area contributed by atoms with Crippen LogP contribution in [0.4, 0.5) is 5.69 Å². The molecule has 0 unspecified atom stereocenters. The summed E-state index contributed by atoms with van der Waals surface area (Å²) in [7, 11) is 0. The zero-order chi connectivity index (χ0) is 16.3. The third-order valence-electron chi connectivity index (χ3n) is 3.50.